The molecule has 0 radical (unpaired) electrons. The molecule has 1 aromatic heterocycles. The van der Waals surface area contributed by atoms with Gasteiger partial charge in [-0.2, -0.15) is 5.10 Å². The molecule has 0 aliphatic carbocycles. The highest BCUT2D eigenvalue weighted by molar-refractivity contribution is 6.35. The zero-order valence-corrected chi connectivity index (χ0v) is 12.4. The number of aromatic nitrogens is 2. The topological polar surface area (TPSA) is 84.2 Å². The van der Waals surface area contributed by atoms with Crippen LogP contribution in [0, 0.1) is 0 Å². The Hall–Kier alpha value is -2.05. The number of halogens is 2. The summed E-state index contributed by atoms with van der Waals surface area (Å²) in [7, 11) is 1.65. The highest BCUT2D eigenvalue weighted by atomic mass is 35.5. The van der Waals surface area contributed by atoms with Crippen LogP contribution in [0.1, 0.15) is 22.0 Å². The minimum absolute atomic E-state index is 0.110. The van der Waals surface area contributed by atoms with Crippen LogP contribution in [-0.2, 0) is 11.8 Å². The van der Waals surface area contributed by atoms with Crippen LogP contribution < -0.4 is 5.32 Å². The lowest BCUT2D eigenvalue weighted by Crippen LogP contribution is -2.33. The van der Waals surface area contributed by atoms with Crippen molar-refractivity contribution in [3.8, 4) is 0 Å². The van der Waals surface area contributed by atoms with Crippen molar-refractivity contribution in [3.63, 3.8) is 0 Å². The average Bonchev–Trinajstić information content (AvgIpc) is 2.84. The number of nitrogens with one attached hydrogen (secondary N) is 1. The summed E-state index contributed by atoms with van der Waals surface area (Å²) in [6.45, 7) is 0. The number of hydrogen-bond acceptors (Lipinski definition) is 3. The molecule has 2 rings (SSSR count). The Labute approximate surface area is 130 Å². The van der Waals surface area contributed by atoms with Crippen molar-refractivity contribution in [2.45, 2.75) is 6.04 Å². The SMILES string of the molecule is Cn1cc(C(NC(=O)c2cc(Cl)ccc2Cl)C(=O)O)cn1. The van der Waals surface area contributed by atoms with E-state index in [9.17, 15) is 14.7 Å². The normalized spacial score (nSPS) is 12.0. The van der Waals surface area contributed by atoms with E-state index in [0.29, 0.717) is 10.6 Å². The molecule has 0 aliphatic heterocycles. The Balaban J connectivity index is 2.27. The maximum Gasteiger partial charge on any atom is 0.331 e. The van der Waals surface area contributed by atoms with Crippen LogP contribution in [-0.4, -0.2) is 26.8 Å². The molecular formula is C13H11Cl2N3O3. The van der Waals surface area contributed by atoms with E-state index in [2.05, 4.69) is 10.4 Å². The lowest BCUT2D eigenvalue weighted by atomic mass is 10.1. The van der Waals surface area contributed by atoms with Crippen LogP contribution in [0.25, 0.3) is 0 Å². The van der Waals surface area contributed by atoms with E-state index < -0.39 is 17.9 Å². The maximum absolute atomic E-state index is 12.2. The molecular weight excluding hydrogens is 317 g/mol. The lowest BCUT2D eigenvalue weighted by Gasteiger charge is -2.13. The number of carboxylic acid groups (broad SMARTS) is 1. The molecule has 0 saturated carbocycles. The number of rotatable bonds is 4. The molecule has 6 nitrogen and oxygen atoms in total. The summed E-state index contributed by atoms with van der Waals surface area (Å²) in [5.74, 6) is -1.83. The van der Waals surface area contributed by atoms with Gasteiger partial charge in [-0.1, -0.05) is 23.2 Å². The lowest BCUT2D eigenvalue weighted by molar-refractivity contribution is -0.139. The highest BCUT2D eigenvalue weighted by Crippen LogP contribution is 2.22. The average molecular weight is 328 g/mol. The zero-order chi connectivity index (χ0) is 15.6. The first-order valence-corrected chi connectivity index (χ1v) is 6.61. The molecule has 21 heavy (non-hydrogen) atoms. The van der Waals surface area contributed by atoms with Crippen molar-refractivity contribution < 1.29 is 14.7 Å². The van der Waals surface area contributed by atoms with Gasteiger partial charge < -0.3 is 10.4 Å². The van der Waals surface area contributed by atoms with Crippen LogP contribution in [0.2, 0.25) is 10.0 Å². The van der Waals surface area contributed by atoms with E-state index >= 15 is 0 Å². The van der Waals surface area contributed by atoms with Gasteiger partial charge >= 0.3 is 5.97 Å². The largest absolute Gasteiger partial charge is 0.479 e. The van der Waals surface area contributed by atoms with Crippen molar-refractivity contribution in [1.29, 1.82) is 0 Å². The third-order valence-electron chi connectivity index (χ3n) is 2.75. The van der Waals surface area contributed by atoms with E-state index in [0.717, 1.165) is 0 Å². The molecule has 0 aliphatic rings. The second-order valence-corrected chi connectivity index (χ2v) is 5.16. The number of amides is 1. The molecule has 0 saturated heterocycles. The summed E-state index contributed by atoms with van der Waals surface area (Å²) < 4.78 is 1.45. The summed E-state index contributed by atoms with van der Waals surface area (Å²) in [4.78, 5) is 23.5. The second kappa shape index (κ2) is 6.15. The molecule has 1 heterocycles. The maximum atomic E-state index is 12.2. The van der Waals surface area contributed by atoms with E-state index in [1.165, 1.54) is 35.3 Å². The number of aliphatic carboxylic acids is 1. The molecule has 110 valence electrons. The van der Waals surface area contributed by atoms with Crippen molar-refractivity contribution >= 4 is 35.1 Å². The number of aryl methyl sites for hydroxylation is 1. The first kappa shape index (κ1) is 15.3. The fourth-order valence-corrected chi connectivity index (χ4v) is 2.13. The Morgan fingerprint density at radius 1 is 1.38 bits per heavy atom. The van der Waals surface area contributed by atoms with Gasteiger partial charge in [-0.3, -0.25) is 9.48 Å². The van der Waals surface area contributed by atoms with Crippen molar-refractivity contribution in [2.24, 2.45) is 7.05 Å². The van der Waals surface area contributed by atoms with Gasteiger partial charge in [0.15, 0.2) is 6.04 Å². The molecule has 1 aromatic carbocycles. The Kier molecular flexibility index (Phi) is 4.50. The number of nitrogens with zero attached hydrogens (tertiary/aromatic N) is 2. The monoisotopic (exact) mass is 327 g/mol. The second-order valence-electron chi connectivity index (χ2n) is 4.32. The summed E-state index contributed by atoms with van der Waals surface area (Å²) in [6, 6.07) is 3.16. The molecule has 1 amide bonds. The molecule has 8 heteroatoms. The summed E-state index contributed by atoms with van der Waals surface area (Å²) in [5.41, 5.74) is 0.468. The van der Waals surface area contributed by atoms with Gasteiger partial charge in [0.2, 0.25) is 0 Å². The van der Waals surface area contributed by atoms with E-state index in [1.54, 1.807) is 7.05 Å². The van der Waals surface area contributed by atoms with Crippen LogP contribution in [0.5, 0.6) is 0 Å². The Bertz CT molecular complexity index is 700. The molecule has 1 atom stereocenters. The highest BCUT2D eigenvalue weighted by Gasteiger charge is 2.25. The van der Waals surface area contributed by atoms with Crippen molar-refractivity contribution in [2.75, 3.05) is 0 Å². The predicted molar refractivity (Wildman–Crippen MR) is 77.5 cm³/mol. The van der Waals surface area contributed by atoms with Crippen LogP contribution >= 0.6 is 23.2 Å². The predicted octanol–water partition coefficient (Wildman–Crippen LogP) is 2.28. The molecule has 0 bridgehead atoms. The fourth-order valence-electron chi connectivity index (χ4n) is 1.76. The molecule has 0 fully saturated rings. The number of benzene rings is 1. The molecule has 1 unspecified atom stereocenters. The van der Waals surface area contributed by atoms with E-state index in [1.807, 2.05) is 0 Å². The Morgan fingerprint density at radius 2 is 2.10 bits per heavy atom. The first-order valence-electron chi connectivity index (χ1n) is 5.85. The van der Waals surface area contributed by atoms with Gasteiger partial charge in [-0.05, 0) is 18.2 Å². The Morgan fingerprint density at radius 3 is 2.67 bits per heavy atom. The molecule has 2 aromatic rings. The standard InChI is InChI=1S/C13H11Cl2N3O3/c1-18-6-7(5-16-18)11(13(20)21)17-12(19)9-4-8(14)2-3-10(9)15/h2-6,11H,1H3,(H,17,19)(H,20,21). The van der Waals surface area contributed by atoms with Gasteiger partial charge in [0, 0.05) is 23.8 Å². The van der Waals surface area contributed by atoms with Gasteiger partial charge in [-0.25, -0.2) is 4.79 Å². The van der Waals surface area contributed by atoms with Gasteiger partial charge in [0.1, 0.15) is 0 Å². The summed E-state index contributed by atoms with van der Waals surface area (Å²) in [5, 5.41) is 16.0. The fraction of sp³-hybridized carbons (Fsp3) is 0.154. The van der Waals surface area contributed by atoms with Crippen molar-refractivity contribution in [1.82, 2.24) is 15.1 Å². The van der Waals surface area contributed by atoms with Crippen LogP contribution in [0.4, 0.5) is 0 Å². The number of carboxylic acids is 1. The first-order chi connectivity index (χ1) is 9.88. The van der Waals surface area contributed by atoms with Crippen molar-refractivity contribution in [3.05, 3.63) is 51.8 Å². The number of carbonyl (C=O) groups excluding carboxylic acids is 1. The van der Waals surface area contributed by atoms with E-state index in [-0.39, 0.29) is 10.6 Å². The summed E-state index contributed by atoms with van der Waals surface area (Å²) in [6.07, 6.45) is 2.89. The van der Waals surface area contributed by atoms with Crippen LogP contribution in [0.3, 0.4) is 0 Å². The minimum Gasteiger partial charge on any atom is -0.479 e. The summed E-state index contributed by atoms with van der Waals surface area (Å²) >= 11 is 11.7. The van der Waals surface area contributed by atoms with Gasteiger partial charge in [-0.15, -0.1) is 0 Å². The number of carbonyl (C=O) groups is 2. The van der Waals surface area contributed by atoms with Gasteiger partial charge in [0.25, 0.3) is 5.91 Å². The van der Waals surface area contributed by atoms with Crippen LogP contribution in [0.15, 0.2) is 30.6 Å². The quantitative estimate of drug-likeness (QED) is 0.902. The zero-order valence-electron chi connectivity index (χ0n) is 10.9. The molecule has 2 N–H and O–H groups in total. The third-order valence-corrected chi connectivity index (χ3v) is 3.32. The smallest absolute Gasteiger partial charge is 0.331 e. The van der Waals surface area contributed by atoms with Gasteiger partial charge in [0.05, 0.1) is 16.8 Å². The van der Waals surface area contributed by atoms with E-state index in [4.69, 9.17) is 23.2 Å². The molecule has 0 spiro atoms. The third kappa shape index (κ3) is 3.53. The minimum atomic E-state index is -1.22. The number of hydrogen-bond donors (Lipinski definition) is 2.